The summed E-state index contributed by atoms with van der Waals surface area (Å²) in [5, 5.41) is 9.42. The van der Waals surface area contributed by atoms with Crippen molar-refractivity contribution < 1.29 is 26.9 Å². The molecule has 3 nitrogen and oxygen atoms in total. The van der Waals surface area contributed by atoms with E-state index in [1.54, 1.807) is 0 Å². The maximum absolute atomic E-state index is 12.4. The summed E-state index contributed by atoms with van der Waals surface area (Å²) in [6, 6.07) is 0.267. The third kappa shape index (κ3) is 2.82. The van der Waals surface area contributed by atoms with Gasteiger partial charge in [-0.25, -0.2) is 8.78 Å². The Balaban J connectivity index is 3.53. The summed E-state index contributed by atoms with van der Waals surface area (Å²) in [5.41, 5.74) is -4.01. The van der Waals surface area contributed by atoms with Crippen LogP contribution in [0.15, 0.2) is 12.1 Å². The second-order valence-corrected chi connectivity index (χ2v) is 3.35. The molecule has 0 aliphatic rings. The standard InChI is InChI=1S/C8H3ClF5NO2/c9-4-1-3(8(12,13)14)2-5(15(16)17)6(4)7(10)11/h1-2,7H. The third-order valence-electron chi connectivity index (χ3n) is 1.85. The lowest BCUT2D eigenvalue weighted by Crippen LogP contribution is -2.07. The van der Waals surface area contributed by atoms with E-state index in [4.69, 9.17) is 11.6 Å². The van der Waals surface area contributed by atoms with Crippen LogP contribution in [-0.2, 0) is 6.18 Å². The smallest absolute Gasteiger partial charge is 0.258 e. The first-order valence-electron chi connectivity index (χ1n) is 3.97. The molecule has 0 spiro atoms. The van der Waals surface area contributed by atoms with Crippen LogP contribution in [0.4, 0.5) is 27.6 Å². The Labute approximate surface area is 95.9 Å². The van der Waals surface area contributed by atoms with Gasteiger partial charge in [0, 0.05) is 6.07 Å². The van der Waals surface area contributed by atoms with Gasteiger partial charge in [0.25, 0.3) is 12.1 Å². The fourth-order valence-electron chi connectivity index (χ4n) is 1.13. The molecule has 0 saturated heterocycles. The van der Waals surface area contributed by atoms with Crippen LogP contribution in [-0.4, -0.2) is 4.92 Å². The van der Waals surface area contributed by atoms with Gasteiger partial charge in [-0.1, -0.05) is 11.6 Å². The first-order chi connectivity index (χ1) is 7.64. The molecule has 0 fully saturated rings. The fraction of sp³-hybridized carbons (Fsp3) is 0.250. The molecule has 0 aliphatic heterocycles. The van der Waals surface area contributed by atoms with Crippen LogP contribution in [0, 0.1) is 10.1 Å². The van der Waals surface area contributed by atoms with Crippen LogP contribution in [0.3, 0.4) is 0 Å². The Morgan fingerprint density at radius 2 is 1.82 bits per heavy atom. The average Bonchev–Trinajstić information content (AvgIpc) is 2.13. The van der Waals surface area contributed by atoms with E-state index in [1.165, 1.54) is 0 Å². The molecule has 0 unspecified atom stereocenters. The van der Waals surface area contributed by atoms with Gasteiger partial charge in [-0.3, -0.25) is 10.1 Å². The third-order valence-corrected chi connectivity index (χ3v) is 2.16. The van der Waals surface area contributed by atoms with Crippen molar-refractivity contribution in [2.75, 3.05) is 0 Å². The number of nitro groups is 1. The van der Waals surface area contributed by atoms with E-state index in [1.807, 2.05) is 0 Å². The van der Waals surface area contributed by atoms with E-state index in [-0.39, 0.29) is 12.1 Å². The monoisotopic (exact) mass is 275 g/mol. The molecule has 1 aromatic carbocycles. The number of halogens is 6. The Morgan fingerprint density at radius 1 is 1.29 bits per heavy atom. The number of hydrogen-bond donors (Lipinski definition) is 0. The van der Waals surface area contributed by atoms with E-state index in [0.717, 1.165) is 0 Å². The summed E-state index contributed by atoms with van der Waals surface area (Å²) < 4.78 is 61.6. The summed E-state index contributed by atoms with van der Waals surface area (Å²) in [7, 11) is 0. The van der Waals surface area contributed by atoms with E-state index in [9.17, 15) is 32.1 Å². The van der Waals surface area contributed by atoms with Crippen LogP contribution in [0.2, 0.25) is 5.02 Å². The molecular formula is C8H3ClF5NO2. The quantitative estimate of drug-likeness (QED) is 0.461. The topological polar surface area (TPSA) is 43.1 Å². The van der Waals surface area contributed by atoms with Crippen LogP contribution in [0.1, 0.15) is 17.6 Å². The van der Waals surface area contributed by atoms with Gasteiger partial charge in [0.15, 0.2) is 0 Å². The number of rotatable bonds is 2. The zero-order valence-electron chi connectivity index (χ0n) is 7.76. The van der Waals surface area contributed by atoms with E-state index in [2.05, 4.69) is 0 Å². The molecule has 0 amide bonds. The van der Waals surface area contributed by atoms with Gasteiger partial charge < -0.3 is 0 Å². The number of alkyl halides is 5. The molecule has 0 aromatic heterocycles. The number of hydrogen-bond acceptors (Lipinski definition) is 2. The first kappa shape index (κ1) is 13.6. The first-order valence-corrected chi connectivity index (χ1v) is 4.35. The van der Waals surface area contributed by atoms with Crippen molar-refractivity contribution in [3.63, 3.8) is 0 Å². The minimum Gasteiger partial charge on any atom is -0.258 e. The molecule has 0 saturated carbocycles. The Bertz CT molecular complexity index is 460. The lowest BCUT2D eigenvalue weighted by molar-refractivity contribution is -0.386. The summed E-state index contributed by atoms with van der Waals surface area (Å²) in [4.78, 5) is 9.07. The Kier molecular flexibility index (Phi) is 3.56. The predicted octanol–water partition coefficient (Wildman–Crippen LogP) is 4.20. The van der Waals surface area contributed by atoms with E-state index < -0.39 is 39.4 Å². The Morgan fingerprint density at radius 3 is 2.18 bits per heavy atom. The minimum absolute atomic E-state index is 0.0351. The highest BCUT2D eigenvalue weighted by Crippen LogP contribution is 2.40. The van der Waals surface area contributed by atoms with Crippen LogP contribution >= 0.6 is 11.6 Å². The second-order valence-electron chi connectivity index (χ2n) is 2.95. The van der Waals surface area contributed by atoms with E-state index >= 15 is 0 Å². The number of nitrogens with zero attached hydrogens (tertiary/aromatic N) is 1. The van der Waals surface area contributed by atoms with Crippen molar-refractivity contribution >= 4 is 17.3 Å². The van der Waals surface area contributed by atoms with Gasteiger partial charge >= 0.3 is 6.18 Å². The molecule has 94 valence electrons. The summed E-state index contributed by atoms with van der Waals surface area (Å²) in [6.07, 6.45) is -8.22. The van der Waals surface area contributed by atoms with Gasteiger partial charge in [0.1, 0.15) is 5.56 Å². The molecule has 17 heavy (non-hydrogen) atoms. The SMILES string of the molecule is O=[N+]([O-])c1cc(C(F)(F)F)cc(Cl)c1C(F)F. The van der Waals surface area contributed by atoms with Gasteiger partial charge in [-0.05, 0) is 6.07 Å². The molecule has 1 aromatic rings. The highest BCUT2D eigenvalue weighted by molar-refractivity contribution is 6.31. The highest BCUT2D eigenvalue weighted by atomic mass is 35.5. The summed E-state index contributed by atoms with van der Waals surface area (Å²) in [6.45, 7) is 0. The predicted molar refractivity (Wildman–Crippen MR) is 48.1 cm³/mol. The normalized spacial score (nSPS) is 11.9. The zero-order valence-corrected chi connectivity index (χ0v) is 8.52. The zero-order chi connectivity index (χ0) is 13.4. The van der Waals surface area contributed by atoms with Crippen molar-refractivity contribution in [2.24, 2.45) is 0 Å². The Hall–Kier alpha value is -1.44. The average molecular weight is 276 g/mol. The highest BCUT2D eigenvalue weighted by Gasteiger charge is 2.36. The fourth-order valence-corrected chi connectivity index (χ4v) is 1.43. The van der Waals surface area contributed by atoms with Gasteiger partial charge in [0.05, 0.1) is 15.5 Å². The lowest BCUT2D eigenvalue weighted by atomic mass is 10.1. The maximum Gasteiger partial charge on any atom is 0.416 e. The van der Waals surface area contributed by atoms with Crippen molar-refractivity contribution in [3.05, 3.63) is 38.4 Å². The molecule has 0 radical (unpaired) electrons. The second kappa shape index (κ2) is 4.44. The van der Waals surface area contributed by atoms with Gasteiger partial charge in [0.2, 0.25) is 0 Å². The van der Waals surface area contributed by atoms with Crippen molar-refractivity contribution in [2.45, 2.75) is 12.6 Å². The molecule has 0 heterocycles. The minimum atomic E-state index is -4.89. The van der Waals surface area contributed by atoms with Gasteiger partial charge in [-0.15, -0.1) is 0 Å². The van der Waals surface area contributed by atoms with E-state index in [0.29, 0.717) is 0 Å². The molecule has 0 bridgehead atoms. The molecule has 0 N–H and O–H groups in total. The van der Waals surface area contributed by atoms with Crippen molar-refractivity contribution in [1.82, 2.24) is 0 Å². The largest absolute Gasteiger partial charge is 0.416 e. The van der Waals surface area contributed by atoms with Gasteiger partial charge in [-0.2, -0.15) is 13.2 Å². The summed E-state index contributed by atoms with van der Waals surface area (Å²) in [5.74, 6) is 0. The molecule has 1 rings (SSSR count). The van der Waals surface area contributed by atoms with Crippen LogP contribution in [0.25, 0.3) is 0 Å². The number of nitro benzene ring substituents is 1. The molecule has 9 heteroatoms. The van der Waals surface area contributed by atoms with Crippen LogP contribution in [0.5, 0.6) is 0 Å². The van der Waals surface area contributed by atoms with Crippen molar-refractivity contribution in [3.8, 4) is 0 Å². The van der Waals surface area contributed by atoms with Crippen molar-refractivity contribution in [1.29, 1.82) is 0 Å². The lowest BCUT2D eigenvalue weighted by Gasteiger charge is -2.10. The molecular weight excluding hydrogens is 273 g/mol. The maximum atomic E-state index is 12.4. The number of benzene rings is 1. The molecule has 0 atom stereocenters. The van der Waals surface area contributed by atoms with Crippen LogP contribution < -0.4 is 0 Å². The molecule has 0 aliphatic carbocycles. The summed E-state index contributed by atoms with van der Waals surface area (Å²) >= 11 is 5.20.